The zero-order chi connectivity index (χ0) is 21.3. The van der Waals surface area contributed by atoms with Gasteiger partial charge >= 0.3 is 0 Å². The Morgan fingerprint density at radius 3 is 2.13 bits per heavy atom. The van der Waals surface area contributed by atoms with E-state index in [-0.39, 0.29) is 11.5 Å². The Morgan fingerprint density at radius 1 is 0.733 bits per heavy atom. The molecule has 0 aliphatic heterocycles. The number of carbonyl (C=O) groups excluding carboxylic acids is 3. The van der Waals surface area contributed by atoms with Crippen molar-refractivity contribution in [3.8, 4) is 0 Å². The summed E-state index contributed by atoms with van der Waals surface area (Å²) in [5.74, 6) is -1.44. The van der Waals surface area contributed by atoms with E-state index < -0.39 is 11.8 Å². The fourth-order valence-corrected chi connectivity index (χ4v) is 2.68. The number of carbonyl (C=O) groups is 3. The summed E-state index contributed by atoms with van der Waals surface area (Å²) in [5.41, 5.74) is 6.42. The molecule has 0 heterocycles. The van der Waals surface area contributed by atoms with E-state index in [1.165, 1.54) is 6.08 Å². The van der Waals surface area contributed by atoms with Crippen LogP contribution in [0.2, 0.25) is 5.02 Å². The first-order chi connectivity index (χ1) is 14.5. The van der Waals surface area contributed by atoms with E-state index >= 15 is 0 Å². The van der Waals surface area contributed by atoms with Gasteiger partial charge < -0.3 is 5.32 Å². The molecule has 0 bridgehead atoms. The zero-order valence-electron chi connectivity index (χ0n) is 15.8. The van der Waals surface area contributed by atoms with Gasteiger partial charge in [0.2, 0.25) is 0 Å². The maximum absolute atomic E-state index is 12.5. The van der Waals surface area contributed by atoms with Crippen molar-refractivity contribution in [1.82, 2.24) is 10.9 Å². The van der Waals surface area contributed by atoms with Crippen LogP contribution in [0.15, 0.2) is 84.9 Å². The van der Waals surface area contributed by atoms with Crippen LogP contribution in [0.1, 0.15) is 26.3 Å². The van der Waals surface area contributed by atoms with E-state index in [2.05, 4.69) is 16.2 Å². The maximum atomic E-state index is 12.5. The predicted octanol–water partition coefficient (Wildman–Crippen LogP) is 4.07. The molecule has 0 aliphatic rings. The number of benzene rings is 3. The SMILES string of the molecule is O=C(/C=C/c1ccccc1)NNC(=O)c1ccccc1NC(=O)c1ccc(Cl)cc1. The van der Waals surface area contributed by atoms with Crippen molar-refractivity contribution < 1.29 is 14.4 Å². The van der Waals surface area contributed by atoms with E-state index in [1.54, 1.807) is 54.6 Å². The Morgan fingerprint density at radius 2 is 1.40 bits per heavy atom. The minimum atomic E-state index is -0.566. The maximum Gasteiger partial charge on any atom is 0.271 e. The van der Waals surface area contributed by atoms with Gasteiger partial charge in [0, 0.05) is 16.7 Å². The number of hydrazine groups is 1. The fraction of sp³-hybridized carbons (Fsp3) is 0. The quantitative estimate of drug-likeness (QED) is 0.430. The van der Waals surface area contributed by atoms with Gasteiger partial charge in [-0.25, -0.2) is 0 Å². The molecule has 0 saturated heterocycles. The molecule has 3 aromatic carbocycles. The highest BCUT2D eigenvalue weighted by Gasteiger charge is 2.14. The van der Waals surface area contributed by atoms with Gasteiger partial charge in [-0.3, -0.25) is 25.2 Å². The Balaban J connectivity index is 1.62. The number of para-hydroxylation sites is 1. The van der Waals surface area contributed by atoms with Crippen LogP contribution in [-0.4, -0.2) is 17.7 Å². The fourth-order valence-electron chi connectivity index (χ4n) is 2.55. The first kappa shape index (κ1) is 20.8. The predicted molar refractivity (Wildman–Crippen MR) is 117 cm³/mol. The molecule has 0 unspecified atom stereocenters. The lowest BCUT2D eigenvalue weighted by Gasteiger charge is -2.11. The van der Waals surface area contributed by atoms with Gasteiger partial charge in [0.15, 0.2) is 0 Å². The zero-order valence-corrected chi connectivity index (χ0v) is 16.5. The second-order valence-electron chi connectivity index (χ2n) is 6.19. The van der Waals surface area contributed by atoms with Gasteiger partial charge in [0.1, 0.15) is 0 Å². The summed E-state index contributed by atoms with van der Waals surface area (Å²) in [6.07, 6.45) is 2.94. The van der Waals surface area contributed by atoms with Gasteiger partial charge in [-0.05, 0) is 48.0 Å². The van der Waals surface area contributed by atoms with Gasteiger partial charge in [-0.1, -0.05) is 54.1 Å². The average Bonchev–Trinajstić information content (AvgIpc) is 2.77. The lowest BCUT2D eigenvalue weighted by atomic mass is 10.1. The summed E-state index contributed by atoms with van der Waals surface area (Å²) in [6.45, 7) is 0. The summed E-state index contributed by atoms with van der Waals surface area (Å²) in [7, 11) is 0. The Kier molecular flexibility index (Phi) is 6.97. The van der Waals surface area contributed by atoms with Crippen LogP contribution in [0, 0.1) is 0 Å². The second-order valence-corrected chi connectivity index (χ2v) is 6.63. The van der Waals surface area contributed by atoms with Crippen LogP contribution in [0.3, 0.4) is 0 Å². The highest BCUT2D eigenvalue weighted by Crippen LogP contribution is 2.17. The molecule has 3 amide bonds. The lowest BCUT2D eigenvalue weighted by molar-refractivity contribution is -0.117. The first-order valence-corrected chi connectivity index (χ1v) is 9.40. The van der Waals surface area contributed by atoms with Crippen molar-refractivity contribution in [3.63, 3.8) is 0 Å². The highest BCUT2D eigenvalue weighted by molar-refractivity contribution is 6.30. The molecule has 0 atom stereocenters. The molecule has 0 spiro atoms. The third kappa shape index (κ3) is 5.80. The van der Waals surface area contributed by atoms with Crippen LogP contribution in [0.5, 0.6) is 0 Å². The van der Waals surface area contributed by atoms with Crippen LogP contribution < -0.4 is 16.2 Å². The third-order valence-corrected chi connectivity index (χ3v) is 4.30. The van der Waals surface area contributed by atoms with Crippen molar-refractivity contribution in [1.29, 1.82) is 0 Å². The molecule has 6 nitrogen and oxygen atoms in total. The van der Waals surface area contributed by atoms with Gasteiger partial charge in [-0.15, -0.1) is 0 Å². The first-order valence-electron chi connectivity index (χ1n) is 9.02. The Bertz CT molecular complexity index is 1080. The smallest absolute Gasteiger partial charge is 0.271 e. The molecule has 0 aromatic heterocycles. The number of hydrogen-bond donors (Lipinski definition) is 3. The number of nitrogens with one attached hydrogen (secondary N) is 3. The molecule has 30 heavy (non-hydrogen) atoms. The van der Waals surface area contributed by atoms with Crippen LogP contribution in [0.25, 0.3) is 6.08 Å². The van der Waals surface area contributed by atoms with Crippen molar-refractivity contribution in [2.75, 3.05) is 5.32 Å². The summed E-state index contributed by atoms with van der Waals surface area (Å²) < 4.78 is 0. The molecule has 0 aliphatic carbocycles. The normalized spacial score (nSPS) is 10.4. The standard InChI is InChI=1S/C23H18ClN3O3/c24-18-13-11-17(12-14-18)22(29)25-20-9-5-4-8-19(20)23(30)27-26-21(28)15-10-16-6-2-1-3-7-16/h1-15H,(H,25,29)(H,26,28)(H,27,30)/b15-10+. The highest BCUT2D eigenvalue weighted by atomic mass is 35.5. The molecular weight excluding hydrogens is 402 g/mol. The van der Waals surface area contributed by atoms with Gasteiger partial charge in [0.05, 0.1) is 11.3 Å². The Labute approximate surface area is 178 Å². The summed E-state index contributed by atoms with van der Waals surface area (Å²) in [4.78, 5) is 36.8. The molecule has 3 N–H and O–H groups in total. The van der Waals surface area contributed by atoms with E-state index in [0.717, 1.165) is 5.56 Å². The largest absolute Gasteiger partial charge is 0.321 e. The molecule has 150 valence electrons. The molecule has 7 heteroatoms. The van der Waals surface area contributed by atoms with Crippen molar-refractivity contribution in [3.05, 3.63) is 107 Å². The third-order valence-electron chi connectivity index (χ3n) is 4.05. The molecule has 3 aromatic rings. The monoisotopic (exact) mass is 419 g/mol. The number of amides is 3. The van der Waals surface area contributed by atoms with Crippen molar-refractivity contribution in [2.45, 2.75) is 0 Å². The van der Waals surface area contributed by atoms with Crippen molar-refractivity contribution >= 4 is 41.1 Å². The molecule has 0 radical (unpaired) electrons. The average molecular weight is 420 g/mol. The van der Waals surface area contributed by atoms with Gasteiger partial charge in [0.25, 0.3) is 17.7 Å². The molecular formula is C23H18ClN3O3. The van der Waals surface area contributed by atoms with E-state index in [1.807, 2.05) is 30.3 Å². The van der Waals surface area contributed by atoms with Gasteiger partial charge in [-0.2, -0.15) is 0 Å². The number of rotatable bonds is 5. The molecule has 3 rings (SSSR count). The second kappa shape index (κ2) is 10.0. The van der Waals surface area contributed by atoms with E-state index in [0.29, 0.717) is 16.3 Å². The van der Waals surface area contributed by atoms with Crippen LogP contribution >= 0.6 is 11.6 Å². The number of hydrogen-bond acceptors (Lipinski definition) is 3. The van der Waals surface area contributed by atoms with Crippen LogP contribution in [-0.2, 0) is 4.79 Å². The number of halogens is 1. The Hall–Kier alpha value is -3.90. The van der Waals surface area contributed by atoms with E-state index in [4.69, 9.17) is 11.6 Å². The molecule has 0 saturated carbocycles. The topological polar surface area (TPSA) is 87.3 Å². The number of anilines is 1. The van der Waals surface area contributed by atoms with Crippen LogP contribution in [0.4, 0.5) is 5.69 Å². The minimum Gasteiger partial charge on any atom is -0.321 e. The molecule has 0 fully saturated rings. The summed E-state index contributed by atoms with van der Waals surface area (Å²) in [6, 6.07) is 22.1. The minimum absolute atomic E-state index is 0.201. The van der Waals surface area contributed by atoms with E-state index in [9.17, 15) is 14.4 Å². The van der Waals surface area contributed by atoms with Crippen molar-refractivity contribution in [2.24, 2.45) is 0 Å². The summed E-state index contributed by atoms with van der Waals surface area (Å²) in [5, 5.41) is 3.21. The lowest BCUT2D eigenvalue weighted by Crippen LogP contribution is -2.41. The summed E-state index contributed by atoms with van der Waals surface area (Å²) >= 11 is 5.84.